The fourth-order valence-electron chi connectivity index (χ4n) is 2.85. The van der Waals surface area contributed by atoms with Crippen molar-refractivity contribution in [3.05, 3.63) is 12.2 Å². The van der Waals surface area contributed by atoms with Crippen LogP contribution < -0.4 is 5.32 Å². The maximum atomic E-state index is 10.3. The summed E-state index contributed by atoms with van der Waals surface area (Å²) in [6.45, 7) is 2.26. The second-order valence-electron chi connectivity index (χ2n) is 7.20. The summed E-state index contributed by atoms with van der Waals surface area (Å²) in [5, 5.41) is 10.6. The third-order valence-corrected chi connectivity index (χ3v) is 4.51. The van der Waals surface area contributed by atoms with Crippen LogP contribution in [-0.2, 0) is 14.4 Å². The Balaban J connectivity index is 0.000000797. The lowest BCUT2D eigenvalue weighted by Crippen LogP contribution is -2.18. The van der Waals surface area contributed by atoms with Crippen molar-refractivity contribution in [1.82, 2.24) is 5.32 Å². The van der Waals surface area contributed by atoms with Crippen molar-refractivity contribution in [3.63, 3.8) is 0 Å². The molecule has 0 aliphatic carbocycles. The zero-order valence-electron chi connectivity index (χ0n) is 17.1. The maximum absolute atomic E-state index is 10.3. The smallest absolute Gasteiger partial charge is 0.303 e. The number of amides is 2. The number of nitrogens with one attached hydrogen (secondary N) is 1. The molecule has 1 aliphatic heterocycles. The summed E-state index contributed by atoms with van der Waals surface area (Å²) in [5.74, 6) is -0.961. The van der Waals surface area contributed by atoms with Crippen LogP contribution in [0.3, 0.4) is 0 Å². The molecule has 1 aliphatic rings. The van der Waals surface area contributed by atoms with Gasteiger partial charge in [-0.1, -0.05) is 70.4 Å². The van der Waals surface area contributed by atoms with Gasteiger partial charge in [-0.3, -0.25) is 19.7 Å². The van der Waals surface area contributed by atoms with Gasteiger partial charge in [0.2, 0.25) is 11.8 Å². The molecule has 0 aromatic heterocycles. The van der Waals surface area contributed by atoms with Gasteiger partial charge in [0.1, 0.15) is 0 Å². The van der Waals surface area contributed by atoms with Gasteiger partial charge in [0.15, 0.2) is 0 Å². The molecule has 0 aromatic rings. The molecule has 0 atom stereocenters. The number of carboxylic acid groups (broad SMARTS) is 1. The highest BCUT2D eigenvalue weighted by atomic mass is 16.4. The Labute approximate surface area is 165 Å². The van der Waals surface area contributed by atoms with E-state index >= 15 is 0 Å². The van der Waals surface area contributed by atoms with E-state index in [1.165, 1.54) is 70.6 Å². The first-order chi connectivity index (χ1) is 13.1. The van der Waals surface area contributed by atoms with Gasteiger partial charge in [-0.15, -0.1) is 0 Å². The second kappa shape index (κ2) is 19.1. The van der Waals surface area contributed by atoms with Gasteiger partial charge < -0.3 is 5.11 Å². The van der Waals surface area contributed by atoms with E-state index in [1.807, 2.05) is 0 Å². The molecule has 0 radical (unpaired) electrons. The number of carbonyl (C=O) groups is 3. The fourth-order valence-corrected chi connectivity index (χ4v) is 2.85. The minimum Gasteiger partial charge on any atom is -0.481 e. The number of unbranched alkanes of at least 4 members (excludes halogenated alkanes) is 11. The zero-order chi connectivity index (χ0) is 20.2. The first-order valence-electron chi connectivity index (χ1n) is 10.8. The van der Waals surface area contributed by atoms with E-state index in [1.54, 1.807) is 0 Å². The van der Waals surface area contributed by atoms with Crippen LogP contribution in [0, 0.1) is 0 Å². The quantitative estimate of drug-likeness (QED) is 0.222. The molecule has 5 nitrogen and oxygen atoms in total. The van der Waals surface area contributed by atoms with Crippen molar-refractivity contribution in [3.8, 4) is 0 Å². The summed E-state index contributed by atoms with van der Waals surface area (Å²) in [6.07, 6.45) is 22.0. The van der Waals surface area contributed by atoms with Crippen molar-refractivity contribution in [2.75, 3.05) is 0 Å². The van der Waals surface area contributed by atoms with Crippen LogP contribution in [0.4, 0.5) is 0 Å². The van der Waals surface area contributed by atoms with Crippen LogP contribution in [0.1, 0.15) is 110 Å². The molecule has 2 amide bonds. The van der Waals surface area contributed by atoms with Crippen LogP contribution in [0.15, 0.2) is 12.2 Å². The van der Waals surface area contributed by atoms with Gasteiger partial charge in [-0.2, -0.15) is 0 Å². The van der Waals surface area contributed by atoms with Gasteiger partial charge in [0, 0.05) is 19.3 Å². The summed E-state index contributed by atoms with van der Waals surface area (Å²) in [7, 11) is 0. The lowest BCUT2D eigenvalue weighted by molar-refractivity contribution is -0.137. The molecule has 0 unspecified atom stereocenters. The first-order valence-corrected chi connectivity index (χ1v) is 10.8. The highest BCUT2D eigenvalue weighted by Gasteiger charge is 2.15. The Morgan fingerprint density at radius 2 is 1.26 bits per heavy atom. The Bertz CT molecular complexity index is 418. The fraction of sp³-hybridized carbons (Fsp3) is 0.773. The molecule has 156 valence electrons. The lowest BCUT2D eigenvalue weighted by atomic mass is 10.1. The number of hydrogen-bond acceptors (Lipinski definition) is 3. The number of carboxylic acids is 1. The monoisotopic (exact) mass is 381 g/mol. The van der Waals surface area contributed by atoms with Gasteiger partial charge >= 0.3 is 5.97 Å². The standard InChI is InChI=1S/C18H34O2.C4H5NO2/c1-2-3-4-5-6-7-8-9-10-11-12-13-14-15-16-17-18(19)20;6-3-1-2-4(7)5-3/h9-10H,2-8,11-17H2,1H3,(H,19,20);1-2H2,(H,5,6,7)/b10-9-;. The molecule has 1 fully saturated rings. The van der Waals surface area contributed by atoms with Crippen molar-refractivity contribution < 1.29 is 19.5 Å². The number of carbonyl (C=O) groups excluding carboxylic acids is 2. The van der Waals surface area contributed by atoms with Crippen molar-refractivity contribution in [2.24, 2.45) is 0 Å². The van der Waals surface area contributed by atoms with E-state index in [0.29, 0.717) is 19.3 Å². The highest BCUT2D eigenvalue weighted by Crippen LogP contribution is 2.09. The van der Waals surface area contributed by atoms with Gasteiger partial charge in [0.05, 0.1) is 0 Å². The summed E-state index contributed by atoms with van der Waals surface area (Å²) in [5.41, 5.74) is 0. The Hall–Kier alpha value is -1.65. The van der Waals surface area contributed by atoms with Crippen LogP contribution in [0.5, 0.6) is 0 Å². The summed E-state index contributed by atoms with van der Waals surface area (Å²) >= 11 is 0. The number of hydrogen-bond donors (Lipinski definition) is 2. The number of imide groups is 1. The third kappa shape index (κ3) is 20.5. The summed E-state index contributed by atoms with van der Waals surface area (Å²) < 4.78 is 0. The average Bonchev–Trinajstić information content (AvgIpc) is 3.01. The van der Waals surface area contributed by atoms with Crippen LogP contribution in [0.2, 0.25) is 0 Å². The van der Waals surface area contributed by atoms with Crippen LogP contribution in [-0.4, -0.2) is 22.9 Å². The van der Waals surface area contributed by atoms with E-state index < -0.39 is 5.97 Å². The second-order valence-corrected chi connectivity index (χ2v) is 7.20. The average molecular weight is 382 g/mol. The molecule has 5 heteroatoms. The van der Waals surface area contributed by atoms with Gasteiger partial charge in [-0.05, 0) is 32.1 Å². The maximum Gasteiger partial charge on any atom is 0.303 e. The topological polar surface area (TPSA) is 83.5 Å². The molecular formula is C22H39NO4. The van der Waals surface area contributed by atoms with Crippen LogP contribution in [0.25, 0.3) is 0 Å². The number of rotatable bonds is 15. The van der Waals surface area contributed by atoms with Crippen molar-refractivity contribution >= 4 is 17.8 Å². The molecule has 1 heterocycles. The van der Waals surface area contributed by atoms with E-state index in [9.17, 15) is 14.4 Å². The summed E-state index contributed by atoms with van der Waals surface area (Å²) in [4.78, 5) is 30.6. The molecule has 0 aromatic carbocycles. The SMILES string of the molecule is CCCCCCCC/C=C\CCCCCCCC(=O)O.O=C1CCC(=O)N1. The van der Waals surface area contributed by atoms with E-state index in [0.717, 1.165) is 12.8 Å². The predicted molar refractivity (Wildman–Crippen MR) is 109 cm³/mol. The first kappa shape index (κ1) is 25.4. The van der Waals surface area contributed by atoms with Crippen LogP contribution >= 0.6 is 0 Å². The largest absolute Gasteiger partial charge is 0.481 e. The van der Waals surface area contributed by atoms with Gasteiger partial charge in [0.25, 0.3) is 0 Å². The molecule has 0 spiro atoms. The Morgan fingerprint density at radius 1 is 0.815 bits per heavy atom. The lowest BCUT2D eigenvalue weighted by Gasteiger charge is -1.99. The molecule has 1 saturated heterocycles. The molecule has 1 rings (SSSR count). The predicted octanol–water partition coefficient (Wildman–Crippen LogP) is 5.53. The van der Waals surface area contributed by atoms with Crippen molar-refractivity contribution in [2.45, 2.75) is 110 Å². The van der Waals surface area contributed by atoms with E-state index in [2.05, 4.69) is 24.4 Å². The summed E-state index contributed by atoms with van der Waals surface area (Å²) in [6, 6.07) is 0. The van der Waals surface area contributed by atoms with E-state index in [-0.39, 0.29) is 11.8 Å². The van der Waals surface area contributed by atoms with Gasteiger partial charge in [-0.25, -0.2) is 0 Å². The number of aliphatic carboxylic acids is 1. The minimum absolute atomic E-state index is 0.148. The van der Waals surface area contributed by atoms with Crippen molar-refractivity contribution in [1.29, 1.82) is 0 Å². The minimum atomic E-state index is -0.664. The number of allylic oxidation sites excluding steroid dienone is 2. The normalized spacial score (nSPS) is 13.5. The highest BCUT2D eigenvalue weighted by molar-refractivity contribution is 6.01. The zero-order valence-corrected chi connectivity index (χ0v) is 17.1. The van der Waals surface area contributed by atoms with E-state index in [4.69, 9.17) is 5.11 Å². The Kier molecular flexibility index (Phi) is 18.0. The molecule has 0 saturated carbocycles. The Morgan fingerprint density at radius 3 is 1.67 bits per heavy atom. The molecular weight excluding hydrogens is 342 g/mol. The third-order valence-electron chi connectivity index (χ3n) is 4.51. The molecule has 2 N–H and O–H groups in total. The molecule has 27 heavy (non-hydrogen) atoms. The molecule has 0 bridgehead atoms.